The number of para-hydroxylation sites is 1. The highest BCUT2D eigenvalue weighted by Crippen LogP contribution is 2.36. The maximum atomic E-state index is 13.6. The average molecular weight is 564 g/mol. The minimum Gasteiger partial charge on any atom is -0.352 e. The van der Waals surface area contributed by atoms with Crippen LogP contribution in [-0.4, -0.2) is 51.0 Å². The SMILES string of the molecule is CC[C@H](SC1=Nc2ccccc2C2=N[C@H](CCC(=O)NCc3ccc(F)cc3)C(=O)N12)C(=O)NC1CCCCC1. The molecule has 2 aromatic carbocycles. The summed E-state index contributed by atoms with van der Waals surface area (Å²) >= 11 is 1.30. The molecule has 40 heavy (non-hydrogen) atoms. The van der Waals surface area contributed by atoms with E-state index in [0.29, 0.717) is 23.1 Å². The van der Waals surface area contributed by atoms with Gasteiger partial charge in [-0.1, -0.05) is 62.2 Å². The highest BCUT2D eigenvalue weighted by molar-refractivity contribution is 8.15. The first-order valence-corrected chi connectivity index (χ1v) is 14.9. The van der Waals surface area contributed by atoms with Crippen molar-refractivity contribution in [3.63, 3.8) is 0 Å². The summed E-state index contributed by atoms with van der Waals surface area (Å²) in [7, 11) is 0. The number of fused-ring (bicyclic) bond motifs is 3. The number of amidine groups is 2. The highest BCUT2D eigenvalue weighted by atomic mass is 32.2. The zero-order chi connectivity index (χ0) is 28.1. The molecule has 1 fully saturated rings. The van der Waals surface area contributed by atoms with Crippen molar-refractivity contribution in [1.82, 2.24) is 15.5 Å². The van der Waals surface area contributed by atoms with Gasteiger partial charge in [-0.2, -0.15) is 0 Å². The van der Waals surface area contributed by atoms with E-state index in [0.717, 1.165) is 36.8 Å². The summed E-state index contributed by atoms with van der Waals surface area (Å²) in [6, 6.07) is 12.9. The first-order chi connectivity index (χ1) is 19.4. The minimum atomic E-state index is -0.723. The first-order valence-electron chi connectivity index (χ1n) is 14.0. The molecule has 2 heterocycles. The molecular weight excluding hydrogens is 529 g/mol. The number of amides is 3. The van der Waals surface area contributed by atoms with Crippen LogP contribution >= 0.6 is 11.8 Å². The third-order valence-corrected chi connectivity index (χ3v) is 8.77. The summed E-state index contributed by atoms with van der Waals surface area (Å²) in [5.41, 5.74) is 2.24. The van der Waals surface area contributed by atoms with Crippen LogP contribution in [0.4, 0.5) is 10.1 Å². The Balaban J connectivity index is 1.26. The zero-order valence-electron chi connectivity index (χ0n) is 22.6. The predicted octanol–water partition coefficient (Wildman–Crippen LogP) is 4.84. The molecule has 5 rings (SSSR count). The molecule has 0 bridgehead atoms. The van der Waals surface area contributed by atoms with E-state index < -0.39 is 11.3 Å². The Labute approximate surface area is 237 Å². The van der Waals surface area contributed by atoms with E-state index in [9.17, 15) is 18.8 Å². The van der Waals surface area contributed by atoms with Gasteiger partial charge >= 0.3 is 0 Å². The van der Waals surface area contributed by atoms with E-state index in [1.54, 1.807) is 12.1 Å². The normalized spacial score (nSPS) is 19.3. The van der Waals surface area contributed by atoms with Crippen LogP contribution in [0.5, 0.6) is 0 Å². The van der Waals surface area contributed by atoms with Crippen LogP contribution in [-0.2, 0) is 20.9 Å². The van der Waals surface area contributed by atoms with Gasteiger partial charge in [0.15, 0.2) is 5.17 Å². The second-order valence-electron chi connectivity index (χ2n) is 10.4. The van der Waals surface area contributed by atoms with Crippen molar-refractivity contribution in [2.45, 2.75) is 82.2 Å². The van der Waals surface area contributed by atoms with Crippen LogP contribution in [0.25, 0.3) is 0 Å². The molecule has 2 aliphatic heterocycles. The summed E-state index contributed by atoms with van der Waals surface area (Å²) in [5, 5.41) is 6.07. The summed E-state index contributed by atoms with van der Waals surface area (Å²) in [6.07, 6.45) is 6.43. The van der Waals surface area contributed by atoms with E-state index >= 15 is 0 Å². The number of hydrogen-bond donors (Lipinski definition) is 2. The molecule has 3 aliphatic rings. The molecule has 210 valence electrons. The van der Waals surface area contributed by atoms with Gasteiger partial charge < -0.3 is 10.6 Å². The Kier molecular flexibility index (Phi) is 8.94. The topological polar surface area (TPSA) is 103 Å². The van der Waals surface area contributed by atoms with Crippen molar-refractivity contribution in [2.24, 2.45) is 9.98 Å². The molecule has 3 amide bonds. The third kappa shape index (κ3) is 6.43. The lowest BCUT2D eigenvalue weighted by Gasteiger charge is -2.29. The molecule has 0 aromatic heterocycles. The van der Waals surface area contributed by atoms with Crippen molar-refractivity contribution in [2.75, 3.05) is 0 Å². The van der Waals surface area contributed by atoms with Crippen molar-refractivity contribution in [1.29, 1.82) is 0 Å². The minimum absolute atomic E-state index is 0.0273. The number of thioether (sulfide) groups is 1. The van der Waals surface area contributed by atoms with Gasteiger partial charge in [-0.25, -0.2) is 14.3 Å². The van der Waals surface area contributed by atoms with Gasteiger partial charge in [0.25, 0.3) is 5.91 Å². The molecule has 10 heteroatoms. The molecule has 0 spiro atoms. The molecule has 1 aliphatic carbocycles. The molecule has 0 radical (unpaired) electrons. The smallest absolute Gasteiger partial charge is 0.259 e. The van der Waals surface area contributed by atoms with Crippen LogP contribution in [0.1, 0.15) is 69.4 Å². The second kappa shape index (κ2) is 12.8. The number of halogens is 1. The van der Waals surface area contributed by atoms with Crippen LogP contribution in [0, 0.1) is 5.82 Å². The lowest BCUT2D eigenvalue weighted by atomic mass is 9.95. The van der Waals surface area contributed by atoms with Crippen LogP contribution in [0.2, 0.25) is 0 Å². The lowest BCUT2D eigenvalue weighted by Crippen LogP contribution is -2.45. The summed E-state index contributed by atoms with van der Waals surface area (Å²) in [5.74, 6) is -0.304. The predicted molar refractivity (Wildman–Crippen MR) is 155 cm³/mol. The summed E-state index contributed by atoms with van der Waals surface area (Å²) < 4.78 is 13.1. The molecule has 2 N–H and O–H groups in total. The van der Waals surface area contributed by atoms with Gasteiger partial charge in [0.1, 0.15) is 17.7 Å². The van der Waals surface area contributed by atoms with E-state index in [-0.39, 0.29) is 49.0 Å². The molecule has 2 atom stereocenters. The van der Waals surface area contributed by atoms with Crippen molar-refractivity contribution in [3.05, 3.63) is 65.5 Å². The maximum Gasteiger partial charge on any atom is 0.259 e. The number of benzene rings is 2. The van der Waals surface area contributed by atoms with E-state index in [4.69, 9.17) is 9.98 Å². The Morgan fingerprint density at radius 2 is 1.85 bits per heavy atom. The van der Waals surface area contributed by atoms with E-state index in [2.05, 4.69) is 10.6 Å². The Hall–Kier alpha value is -3.53. The second-order valence-corrected chi connectivity index (χ2v) is 11.5. The summed E-state index contributed by atoms with van der Waals surface area (Å²) in [6.45, 7) is 2.24. The van der Waals surface area contributed by atoms with Gasteiger partial charge in [-0.05, 0) is 55.5 Å². The monoisotopic (exact) mass is 563 g/mol. The molecule has 8 nitrogen and oxygen atoms in total. The van der Waals surface area contributed by atoms with Crippen LogP contribution < -0.4 is 10.6 Å². The molecule has 0 saturated heterocycles. The van der Waals surface area contributed by atoms with Gasteiger partial charge in [0.2, 0.25) is 11.8 Å². The fraction of sp³-hybridized carbons (Fsp3) is 0.433. The fourth-order valence-electron chi connectivity index (χ4n) is 5.22. The molecule has 2 aromatic rings. The van der Waals surface area contributed by atoms with E-state index in [1.807, 2.05) is 31.2 Å². The first kappa shape index (κ1) is 28.0. The number of rotatable bonds is 9. The Morgan fingerprint density at radius 1 is 1.10 bits per heavy atom. The Morgan fingerprint density at radius 3 is 2.60 bits per heavy atom. The van der Waals surface area contributed by atoms with Gasteiger partial charge in [-0.15, -0.1) is 0 Å². The molecule has 0 unspecified atom stereocenters. The van der Waals surface area contributed by atoms with Crippen molar-refractivity contribution >= 4 is 46.2 Å². The van der Waals surface area contributed by atoms with Gasteiger partial charge in [0.05, 0.1) is 10.9 Å². The standard InChI is InChI=1S/C30H34FN5O3S/c1-2-25(28(38)33-21-8-4-3-5-9-21)40-30-35-23-11-7-6-10-22(23)27-34-24(29(39)36(27)30)16-17-26(37)32-18-19-12-14-20(31)15-13-19/h6-7,10-15,21,24-25H,2-5,8-9,16-18H2,1H3,(H,32,37)(H,33,38)/t24-,25+/m1/s1. The highest BCUT2D eigenvalue weighted by Gasteiger charge is 2.42. The number of nitrogens with zero attached hydrogens (tertiary/aromatic N) is 3. The lowest BCUT2D eigenvalue weighted by molar-refractivity contribution is -0.125. The van der Waals surface area contributed by atoms with Gasteiger partial charge in [0, 0.05) is 24.6 Å². The van der Waals surface area contributed by atoms with Crippen molar-refractivity contribution in [3.8, 4) is 0 Å². The third-order valence-electron chi connectivity index (χ3n) is 7.46. The molecule has 1 saturated carbocycles. The number of nitrogens with one attached hydrogen (secondary N) is 2. The number of carbonyl (C=O) groups excluding carboxylic acids is 3. The number of aliphatic imine (C=N–C) groups is 2. The van der Waals surface area contributed by atoms with Crippen LogP contribution in [0.3, 0.4) is 0 Å². The fourth-order valence-corrected chi connectivity index (χ4v) is 6.25. The van der Waals surface area contributed by atoms with E-state index in [1.165, 1.54) is 35.2 Å². The van der Waals surface area contributed by atoms with Gasteiger partial charge in [-0.3, -0.25) is 19.4 Å². The Bertz CT molecular complexity index is 1320. The molecular formula is C30H34FN5O3S. The maximum absolute atomic E-state index is 13.6. The summed E-state index contributed by atoms with van der Waals surface area (Å²) in [4.78, 5) is 50.3. The van der Waals surface area contributed by atoms with Crippen molar-refractivity contribution < 1.29 is 18.8 Å². The number of carbonyl (C=O) groups is 3. The van der Waals surface area contributed by atoms with Crippen LogP contribution in [0.15, 0.2) is 58.5 Å². The quantitative estimate of drug-likeness (QED) is 0.456. The zero-order valence-corrected chi connectivity index (χ0v) is 23.4. The average Bonchev–Trinajstić information content (AvgIpc) is 3.31. The number of hydrogen-bond acceptors (Lipinski definition) is 6. The largest absolute Gasteiger partial charge is 0.352 e.